The maximum Gasteiger partial charge on any atom is 0.327 e. The van der Waals surface area contributed by atoms with Gasteiger partial charge in [0.05, 0.1) is 15.0 Å². The van der Waals surface area contributed by atoms with E-state index < -0.39 is 24.2 Å². The summed E-state index contributed by atoms with van der Waals surface area (Å²) in [5.41, 5.74) is 0.582. The number of aliphatic hydroxyl groups is 1. The number of rotatable bonds is 4. The van der Waals surface area contributed by atoms with Gasteiger partial charge in [-0.15, -0.1) is 16.5 Å². The maximum atomic E-state index is 12.2. The summed E-state index contributed by atoms with van der Waals surface area (Å²) in [5.74, 6) is -1.09. The number of hydrogen-bond acceptors (Lipinski definition) is 6. The van der Waals surface area contributed by atoms with Gasteiger partial charge in [0, 0.05) is 23.0 Å². The van der Waals surface area contributed by atoms with E-state index in [4.69, 9.17) is 34.8 Å². The molecule has 0 radical (unpaired) electrons. The van der Waals surface area contributed by atoms with Crippen molar-refractivity contribution >= 4 is 57.8 Å². The lowest BCUT2D eigenvalue weighted by molar-refractivity contribution is -0.156. The molecule has 6 nitrogen and oxygen atoms in total. The Morgan fingerprint density at radius 1 is 1.07 bits per heavy atom. The van der Waals surface area contributed by atoms with Crippen molar-refractivity contribution in [1.29, 1.82) is 0 Å². The van der Waals surface area contributed by atoms with Crippen LogP contribution < -0.4 is 5.01 Å². The molecule has 2 saturated heterocycles. The Bertz CT molecular complexity index is 906. The van der Waals surface area contributed by atoms with Gasteiger partial charge in [-0.25, -0.2) is 5.01 Å². The number of piperidine rings is 1. The molecule has 0 saturated carbocycles. The van der Waals surface area contributed by atoms with Crippen molar-refractivity contribution in [3.63, 3.8) is 0 Å². The van der Waals surface area contributed by atoms with E-state index in [0.29, 0.717) is 33.2 Å². The van der Waals surface area contributed by atoms with Crippen molar-refractivity contribution in [1.82, 2.24) is 10.1 Å². The van der Waals surface area contributed by atoms with Gasteiger partial charge in [0.25, 0.3) is 0 Å². The number of thiophene rings is 1. The summed E-state index contributed by atoms with van der Waals surface area (Å²) >= 11 is 20.1. The average molecular weight is 477 g/mol. The molecule has 2 fully saturated rings. The minimum atomic E-state index is -1.18. The Kier molecular flexibility index (Phi) is 6.27. The largest absolute Gasteiger partial charge is 0.480 e. The van der Waals surface area contributed by atoms with Crippen LogP contribution in [0.15, 0.2) is 30.3 Å². The molecular weight excluding hydrogens is 457 g/mol. The predicted octanol–water partition coefficient (Wildman–Crippen LogP) is 4.70. The van der Waals surface area contributed by atoms with Crippen LogP contribution in [0.3, 0.4) is 0 Å². The molecule has 2 N–H and O–H groups in total. The van der Waals surface area contributed by atoms with Gasteiger partial charge in [0.1, 0.15) is 12.1 Å². The molecule has 3 heterocycles. The molecule has 0 spiro atoms. The van der Waals surface area contributed by atoms with Crippen LogP contribution in [0.4, 0.5) is 5.69 Å². The average Bonchev–Trinajstić information content (AvgIpc) is 3.23. The molecule has 156 valence electrons. The SMILES string of the molecule is O=C(O)C1C(O)C(c2ccc(Cl)s2)N(c2ccc(Cl)cc2Cl)N1N1CCCCC1. The summed E-state index contributed by atoms with van der Waals surface area (Å²) in [4.78, 5) is 13.0. The first-order valence-corrected chi connectivity index (χ1v) is 11.3. The summed E-state index contributed by atoms with van der Waals surface area (Å²) in [7, 11) is 0. The molecule has 0 amide bonds. The summed E-state index contributed by atoms with van der Waals surface area (Å²) in [5, 5.41) is 27.5. The molecule has 4 rings (SSSR count). The molecule has 1 aromatic carbocycles. The van der Waals surface area contributed by atoms with Gasteiger partial charge in [-0.05, 0) is 43.2 Å². The van der Waals surface area contributed by atoms with E-state index in [1.165, 1.54) is 11.3 Å². The number of nitrogens with zero attached hydrogens (tertiary/aromatic N) is 3. The van der Waals surface area contributed by atoms with E-state index >= 15 is 0 Å². The number of hydrogen-bond donors (Lipinski definition) is 2. The van der Waals surface area contributed by atoms with E-state index in [2.05, 4.69) is 0 Å². The van der Waals surface area contributed by atoms with Gasteiger partial charge in [0.15, 0.2) is 6.04 Å². The number of anilines is 1. The zero-order chi connectivity index (χ0) is 20.7. The number of aliphatic carboxylic acids is 1. The highest BCUT2D eigenvalue weighted by Crippen LogP contribution is 2.46. The van der Waals surface area contributed by atoms with Gasteiger partial charge in [-0.3, -0.25) is 9.80 Å². The number of aliphatic hydroxyl groups excluding tert-OH is 1. The van der Waals surface area contributed by atoms with Crippen LogP contribution in [0, 0.1) is 0 Å². The van der Waals surface area contributed by atoms with Gasteiger partial charge < -0.3 is 10.2 Å². The van der Waals surface area contributed by atoms with Gasteiger partial charge in [0.2, 0.25) is 0 Å². The highest BCUT2D eigenvalue weighted by atomic mass is 35.5. The predicted molar refractivity (Wildman–Crippen MR) is 116 cm³/mol. The first kappa shape index (κ1) is 21.2. The second-order valence-electron chi connectivity index (χ2n) is 7.14. The molecule has 0 aliphatic carbocycles. The van der Waals surface area contributed by atoms with Crippen LogP contribution in [-0.4, -0.2) is 51.5 Å². The number of carboxylic acid groups (broad SMARTS) is 1. The monoisotopic (exact) mass is 475 g/mol. The Balaban J connectivity index is 1.87. The quantitative estimate of drug-likeness (QED) is 0.667. The zero-order valence-electron chi connectivity index (χ0n) is 15.3. The highest BCUT2D eigenvalue weighted by molar-refractivity contribution is 7.16. The molecule has 29 heavy (non-hydrogen) atoms. The Hall–Kier alpha value is -1.06. The van der Waals surface area contributed by atoms with E-state index in [0.717, 1.165) is 24.1 Å². The van der Waals surface area contributed by atoms with Crippen molar-refractivity contribution in [2.75, 3.05) is 18.1 Å². The molecule has 2 aliphatic heterocycles. The first-order chi connectivity index (χ1) is 13.9. The first-order valence-electron chi connectivity index (χ1n) is 9.33. The molecule has 10 heteroatoms. The molecule has 2 aliphatic rings. The molecule has 3 atom stereocenters. The zero-order valence-corrected chi connectivity index (χ0v) is 18.4. The second kappa shape index (κ2) is 8.59. The number of benzene rings is 1. The fraction of sp³-hybridized carbons (Fsp3) is 0.421. The van der Waals surface area contributed by atoms with Gasteiger partial charge in [-0.1, -0.05) is 41.2 Å². The third kappa shape index (κ3) is 3.97. The van der Waals surface area contributed by atoms with E-state index in [-0.39, 0.29) is 0 Å². The molecule has 1 aromatic heterocycles. The maximum absolute atomic E-state index is 12.2. The standard InChI is InChI=1S/C19H20Cl3N3O3S/c20-11-4-5-13(12(21)10-11)24-16(14-6-7-15(22)29-14)18(26)17(19(27)28)25(24)23-8-2-1-3-9-23/h4-7,10,16-18,26H,1-3,8-9H2,(H,27,28). The number of hydrazine groups is 2. The van der Waals surface area contributed by atoms with Crippen LogP contribution in [0.5, 0.6) is 0 Å². The van der Waals surface area contributed by atoms with Crippen molar-refractivity contribution in [2.45, 2.75) is 37.5 Å². The van der Waals surface area contributed by atoms with Crippen molar-refractivity contribution in [3.05, 3.63) is 49.6 Å². The Labute approximate surface area is 187 Å². The number of carboxylic acids is 1. The van der Waals surface area contributed by atoms with Crippen LogP contribution in [-0.2, 0) is 4.79 Å². The minimum Gasteiger partial charge on any atom is -0.480 e. The summed E-state index contributed by atoms with van der Waals surface area (Å²) in [6.07, 6.45) is 1.82. The summed E-state index contributed by atoms with van der Waals surface area (Å²) < 4.78 is 0.567. The smallest absolute Gasteiger partial charge is 0.327 e. The molecular formula is C19H20Cl3N3O3S. The van der Waals surface area contributed by atoms with Crippen molar-refractivity contribution in [3.8, 4) is 0 Å². The molecule has 0 bridgehead atoms. The fourth-order valence-corrected chi connectivity index (χ4v) is 5.74. The van der Waals surface area contributed by atoms with Gasteiger partial charge >= 0.3 is 5.97 Å². The van der Waals surface area contributed by atoms with Crippen LogP contribution in [0.1, 0.15) is 30.2 Å². The summed E-state index contributed by atoms with van der Waals surface area (Å²) in [6, 6.07) is 6.84. The molecule has 2 aromatic rings. The van der Waals surface area contributed by atoms with E-state index in [1.807, 2.05) is 11.1 Å². The lowest BCUT2D eigenvalue weighted by Crippen LogP contribution is -2.57. The van der Waals surface area contributed by atoms with Crippen LogP contribution in [0.25, 0.3) is 0 Å². The van der Waals surface area contributed by atoms with Crippen LogP contribution in [0.2, 0.25) is 14.4 Å². The van der Waals surface area contributed by atoms with Crippen molar-refractivity contribution in [2.24, 2.45) is 0 Å². The highest BCUT2D eigenvalue weighted by Gasteiger charge is 2.54. The topological polar surface area (TPSA) is 67.2 Å². The lowest BCUT2D eigenvalue weighted by Gasteiger charge is -2.43. The van der Waals surface area contributed by atoms with Gasteiger partial charge in [-0.2, -0.15) is 0 Å². The van der Waals surface area contributed by atoms with E-state index in [1.54, 1.807) is 34.4 Å². The lowest BCUT2D eigenvalue weighted by atomic mass is 10.0. The Morgan fingerprint density at radius 2 is 1.79 bits per heavy atom. The number of carbonyl (C=O) groups is 1. The third-order valence-corrected chi connectivity index (χ3v) is 7.14. The molecule has 3 unspecified atom stereocenters. The van der Waals surface area contributed by atoms with Crippen LogP contribution >= 0.6 is 46.1 Å². The second-order valence-corrected chi connectivity index (χ2v) is 9.73. The third-order valence-electron chi connectivity index (χ3n) is 5.30. The summed E-state index contributed by atoms with van der Waals surface area (Å²) in [6.45, 7) is 1.41. The fourth-order valence-electron chi connectivity index (χ4n) is 4.06. The minimum absolute atomic E-state index is 0.380. The normalized spacial score (nSPS) is 26.2. The Morgan fingerprint density at radius 3 is 2.38 bits per heavy atom. The van der Waals surface area contributed by atoms with Crippen molar-refractivity contribution < 1.29 is 15.0 Å². The number of halogens is 3. The van der Waals surface area contributed by atoms with E-state index in [9.17, 15) is 15.0 Å².